The standard InChI is InChI=1S/C6H7N.C5H8O2/c1-6-4-2-3-5-7-6;1-4(2)5(6)7-3/h2-5H,1H3;1H2,2-3H3. The molecule has 0 spiro atoms. The molecule has 0 bridgehead atoms. The predicted octanol–water partition coefficient (Wildman–Crippen LogP) is 2.13. The van der Waals surface area contributed by atoms with Crippen molar-refractivity contribution in [2.75, 3.05) is 7.11 Å². The number of aromatic nitrogens is 1. The molecule has 0 saturated carbocycles. The number of carbonyl (C=O) groups excluding carboxylic acids is 1. The average molecular weight is 193 g/mol. The highest BCUT2D eigenvalue weighted by Gasteiger charge is 1.95. The minimum atomic E-state index is -0.347. The number of aryl methyl sites for hydroxylation is 1. The Labute approximate surface area is 84.4 Å². The number of hydrogen-bond donors (Lipinski definition) is 0. The van der Waals surface area contributed by atoms with Crippen molar-refractivity contribution >= 4 is 5.97 Å². The van der Waals surface area contributed by atoms with Crippen LogP contribution in [0.2, 0.25) is 0 Å². The van der Waals surface area contributed by atoms with Gasteiger partial charge in [0.2, 0.25) is 0 Å². The van der Waals surface area contributed by atoms with E-state index in [9.17, 15) is 4.79 Å². The summed E-state index contributed by atoms with van der Waals surface area (Å²) in [4.78, 5) is 14.2. The van der Waals surface area contributed by atoms with Crippen molar-refractivity contribution in [3.63, 3.8) is 0 Å². The summed E-state index contributed by atoms with van der Waals surface area (Å²) in [7, 11) is 1.33. The average Bonchev–Trinajstić information content (AvgIpc) is 2.18. The molecule has 0 N–H and O–H groups in total. The summed E-state index contributed by atoms with van der Waals surface area (Å²) in [5.41, 5.74) is 1.50. The van der Waals surface area contributed by atoms with Gasteiger partial charge in [0.1, 0.15) is 0 Å². The fourth-order valence-electron chi connectivity index (χ4n) is 0.622. The van der Waals surface area contributed by atoms with Crippen LogP contribution in [0.25, 0.3) is 0 Å². The van der Waals surface area contributed by atoms with Crippen molar-refractivity contribution in [2.24, 2.45) is 0 Å². The summed E-state index contributed by atoms with van der Waals surface area (Å²) in [5, 5.41) is 0. The molecule has 0 saturated heterocycles. The van der Waals surface area contributed by atoms with Gasteiger partial charge in [-0.15, -0.1) is 0 Å². The molecular formula is C11H15NO2. The first-order chi connectivity index (χ1) is 6.57. The number of pyridine rings is 1. The van der Waals surface area contributed by atoms with Crippen LogP contribution in [-0.4, -0.2) is 18.1 Å². The van der Waals surface area contributed by atoms with Crippen LogP contribution >= 0.6 is 0 Å². The van der Waals surface area contributed by atoms with Crippen molar-refractivity contribution in [3.8, 4) is 0 Å². The summed E-state index contributed by atoms with van der Waals surface area (Å²) in [6.45, 7) is 6.93. The van der Waals surface area contributed by atoms with E-state index in [1.54, 1.807) is 13.1 Å². The molecule has 0 radical (unpaired) electrons. The molecule has 0 aliphatic carbocycles. The molecule has 0 aromatic carbocycles. The third-order valence-electron chi connectivity index (χ3n) is 1.35. The summed E-state index contributed by atoms with van der Waals surface area (Å²) in [5.74, 6) is -0.347. The van der Waals surface area contributed by atoms with Gasteiger partial charge in [-0.3, -0.25) is 4.98 Å². The number of esters is 1. The van der Waals surface area contributed by atoms with Gasteiger partial charge in [0.05, 0.1) is 7.11 Å². The molecule has 76 valence electrons. The van der Waals surface area contributed by atoms with Gasteiger partial charge in [-0.25, -0.2) is 4.79 Å². The van der Waals surface area contributed by atoms with E-state index in [1.165, 1.54) is 7.11 Å². The number of nitrogens with zero attached hydrogens (tertiary/aromatic N) is 1. The van der Waals surface area contributed by atoms with Crippen LogP contribution in [0.4, 0.5) is 0 Å². The zero-order chi connectivity index (χ0) is 11.0. The van der Waals surface area contributed by atoms with E-state index >= 15 is 0 Å². The van der Waals surface area contributed by atoms with E-state index in [0.717, 1.165) is 5.69 Å². The van der Waals surface area contributed by atoms with Crippen LogP contribution in [0.15, 0.2) is 36.5 Å². The van der Waals surface area contributed by atoms with Crippen LogP contribution in [-0.2, 0) is 9.53 Å². The number of carbonyl (C=O) groups is 1. The van der Waals surface area contributed by atoms with Gasteiger partial charge in [-0.05, 0) is 26.0 Å². The Kier molecular flexibility index (Phi) is 6.03. The maximum Gasteiger partial charge on any atom is 0.332 e. The van der Waals surface area contributed by atoms with Gasteiger partial charge in [0, 0.05) is 17.5 Å². The molecule has 0 fully saturated rings. The molecule has 1 aromatic rings. The Morgan fingerprint density at radius 2 is 2.14 bits per heavy atom. The van der Waals surface area contributed by atoms with Crippen LogP contribution in [0.5, 0.6) is 0 Å². The van der Waals surface area contributed by atoms with Crippen molar-refractivity contribution < 1.29 is 9.53 Å². The second kappa shape index (κ2) is 6.83. The van der Waals surface area contributed by atoms with Crippen LogP contribution in [0, 0.1) is 6.92 Å². The lowest BCUT2D eigenvalue weighted by molar-refractivity contribution is -0.136. The van der Waals surface area contributed by atoms with Crippen LogP contribution in [0.1, 0.15) is 12.6 Å². The highest BCUT2D eigenvalue weighted by Crippen LogP contribution is 1.87. The molecule has 3 heteroatoms. The van der Waals surface area contributed by atoms with Crippen molar-refractivity contribution in [3.05, 3.63) is 42.2 Å². The first-order valence-corrected chi connectivity index (χ1v) is 4.19. The highest BCUT2D eigenvalue weighted by molar-refractivity contribution is 5.86. The normalized spacial score (nSPS) is 8.21. The fourth-order valence-corrected chi connectivity index (χ4v) is 0.622. The van der Waals surface area contributed by atoms with E-state index in [-0.39, 0.29) is 5.97 Å². The monoisotopic (exact) mass is 193 g/mol. The molecule has 0 amide bonds. The Hall–Kier alpha value is -1.64. The maximum atomic E-state index is 10.2. The molecule has 0 atom stereocenters. The quantitative estimate of drug-likeness (QED) is 0.506. The van der Waals surface area contributed by atoms with Gasteiger partial charge >= 0.3 is 5.97 Å². The molecule has 0 unspecified atom stereocenters. The minimum absolute atomic E-state index is 0.347. The smallest absolute Gasteiger partial charge is 0.332 e. The fraction of sp³-hybridized carbons (Fsp3) is 0.273. The third-order valence-corrected chi connectivity index (χ3v) is 1.35. The SMILES string of the molecule is C=C(C)C(=O)OC.Cc1ccccn1. The summed E-state index contributed by atoms with van der Waals surface area (Å²) in [6, 6.07) is 5.86. The van der Waals surface area contributed by atoms with Crippen molar-refractivity contribution in [2.45, 2.75) is 13.8 Å². The summed E-state index contributed by atoms with van der Waals surface area (Å²) >= 11 is 0. The van der Waals surface area contributed by atoms with Gasteiger partial charge in [-0.1, -0.05) is 12.6 Å². The summed E-state index contributed by atoms with van der Waals surface area (Å²) < 4.78 is 4.27. The molecule has 3 nitrogen and oxygen atoms in total. The maximum absolute atomic E-state index is 10.2. The minimum Gasteiger partial charge on any atom is -0.466 e. The topological polar surface area (TPSA) is 39.2 Å². The molecule has 1 heterocycles. The molecular weight excluding hydrogens is 178 g/mol. The van der Waals surface area contributed by atoms with Crippen LogP contribution < -0.4 is 0 Å². The van der Waals surface area contributed by atoms with E-state index in [0.29, 0.717) is 5.57 Å². The largest absolute Gasteiger partial charge is 0.466 e. The van der Waals surface area contributed by atoms with Gasteiger partial charge in [0.25, 0.3) is 0 Å². The highest BCUT2D eigenvalue weighted by atomic mass is 16.5. The van der Waals surface area contributed by atoms with Gasteiger partial charge < -0.3 is 4.74 Å². The zero-order valence-electron chi connectivity index (χ0n) is 8.78. The number of methoxy groups -OCH3 is 1. The first kappa shape index (κ1) is 12.4. The second-order valence-corrected chi connectivity index (χ2v) is 2.74. The third kappa shape index (κ3) is 5.94. The molecule has 14 heavy (non-hydrogen) atoms. The Bertz CT molecular complexity index is 293. The van der Waals surface area contributed by atoms with Crippen molar-refractivity contribution in [1.29, 1.82) is 0 Å². The van der Waals surface area contributed by atoms with Gasteiger partial charge in [-0.2, -0.15) is 0 Å². The summed E-state index contributed by atoms with van der Waals surface area (Å²) in [6.07, 6.45) is 1.79. The lowest BCUT2D eigenvalue weighted by atomic mass is 10.4. The molecule has 1 aromatic heterocycles. The number of ether oxygens (including phenoxy) is 1. The lowest BCUT2D eigenvalue weighted by Gasteiger charge is -1.91. The number of hydrogen-bond acceptors (Lipinski definition) is 3. The second-order valence-electron chi connectivity index (χ2n) is 2.74. The Morgan fingerprint density at radius 1 is 1.50 bits per heavy atom. The van der Waals surface area contributed by atoms with Crippen molar-refractivity contribution in [1.82, 2.24) is 4.98 Å². The first-order valence-electron chi connectivity index (χ1n) is 4.19. The Balaban J connectivity index is 0.000000241. The molecule has 0 aliphatic heterocycles. The Morgan fingerprint density at radius 3 is 2.29 bits per heavy atom. The molecule has 0 aliphatic rings. The van der Waals surface area contributed by atoms with E-state index < -0.39 is 0 Å². The van der Waals surface area contributed by atoms with Crippen LogP contribution in [0.3, 0.4) is 0 Å². The zero-order valence-corrected chi connectivity index (χ0v) is 8.78. The molecule has 1 rings (SSSR count). The van der Waals surface area contributed by atoms with E-state index in [4.69, 9.17) is 0 Å². The van der Waals surface area contributed by atoms with E-state index in [2.05, 4.69) is 16.3 Å². The van der Waals surface area contributed by atoms with E-state index in [1.807, 2.05) is 25.1 Å². The van der Waals surface area contributed by atoms with Gasteiger partial charge in [0.15, 0.2) is 0 Å². The lowest BCUT2D eigenvalue weighted by Crippen LogP contribution is -1.98. The predicted molar refractivity (Wildman–Crippen MR) is 55.8 cm³/mol. The number of rotatable bonds is 1.